The topological polar surface area (TPSA) is 54.9 Å². The van der Waals surface area contributed by atoms with Crippen molar-refractivity contribution in [3.63, 3.8) is 0 Å². The average Bonchev–Trinajstić information content (AvgIpc) is 2.56. The van der Waals surface area contributed by atoms with Crippen molar-refractivity contribution in [2.24, 2.45) is 0 Å². The Balaban J connectivity index is 1.78. The van der Waals surface area contributed by atoms with E-state index in [-0.39, 0.29) is 6.42 Å². The van der Waals surface area contributed by atoms with Crippen LogP contribution in [0, 0.1) is 11.6 Å². The van der Waals surface area contributed by atoms with Crippen molar-refractivity contribution in [1.82, 2.24) is 15.3 Å². The molecule has 0 unspecified atom stereocenters. The van der Waals surface area contributed by atoms with Crippen LogP contribution in [0.4, 0.5) is 8.78 Å². The van der Waals surface area contributed by atoms with E-state index in [0.717, 1.165) is 42.9 Å². The molecule has 0 fully saturated rings. The summed E-state index contributed by atoms with van der Waals surface area (Å²) in [4.78, 5) is 20.7. The number of rotatable bonds is 4. The number of hydrogen-bond acceptors (Lipinski definition) is 4. The molecule has 1 aromatic heterocycles. The first-order chi connectivity index (χ1) is 11.6. The molecule has 24 heavy (non-hydrogen) atoms. The van der Waals surface area contributed by atoms with E-state index >= 15 is 0 Å². The lowest BCUT2D eigenvalue weighted by molar-refractivity contribution is 0.0983. The van der Waals surface area contributed by atoms with E-state index in [1.54, 1.807) is 6.20 Å². The molecule has 0 amide bonds. The van der Waals surface area contributed by atoms with E-state index in [4.69, 9.17) is 0 Å². The van der Waals surface area contributed by atoms with Crippen LogP contribution in [0.15, 0.2) is 36.2 Å². The van der Waals surface area contributed by atoms with Crippen LogP contribution >= 0.6 is 0 Å². The number of nitrogens with zero attached hydrogens (tertiary/aromatic N) is 2. The lowest BCUT2D eigenvalue weighted by Gasteiger charge is -2.18. The second-order valence-corrected chi connectivity index (χ2v) is 5.78. The predicted molar refractivity (Wildman–Crippen MR) is 86.5 cm³/mol. The number of benzene rings is 1. The van der Waals surface area contributed by atoms with E-state index in [0.29, 0.717) is 5.69 Å². The largest absolute Gasteiger partial charge is 0.312 e. The second kappa shape index (κ2) is 6.97. The Labute approximate surface area is 138 Å². The zero-order chi connectivity index (χ0) is 17.1. The first-order valence-corrected chi connectivity index (χ1v) is 7.74. The van der Waals surface area contributed by atoms with Crippen LogP contribution in [0.3, 0.4) is 0 Å². The molecule has 0 aliphatic carbocycles. The number of carbonyl (C=O) groups excluding carboxylic acids is 1. The van der Waals surface area contributed by atoms with Gasteiger partial charge in [-0.05, 0) is 37.6 Å². The molecule has 6 heteroatoms. The molecule has 3 rings (SSSR count). The lowest BCUT2D eigenvalue weighted by atomic mass is 10.0. The summed E-state index contributed by atoms with van der Waals surface area (Å²) in [6.45, 7) is 3.75. The fraction of sp³-hybridized carbons (Fsp3) is 0.278. The van der Waals surface area contributed by atoms with E-state index in [2.05, 4.69) is 22.2 Å². The molecule has 4 nitrogen and oxygen atoms in total. The predicted octanol–water partition coefficient (Wildman–Crippen LogP) is 2.95. The number of nitrogens with one attached hydrogen (secondary N) is 1. The van der Waals surface area contributed by atoms with Crippen LogP contribution in [-0.4, -0.2) is 28.8 Å². The molecular formula is C18H17F2N3O. The number of hydrogen-bond donors (Lipinski definition) is 1. The van der Waals surface area contributed by atoms with Crippen LogP contribution in [0.2, 0.25) is 0 Å². The summed E-state index contributed by atoms with van der Waals surface area (Å²) in [7, 11) is 0. The van der Waals surface area contributed by atoms with Crippen LogP contribution in [0.25, 0.3) is 5.57 Å². The zero-order valence-corrected chi connectivity index (χ0v) is 13.3. The average molecular weight is 329 g/mol. The molecule has 0 radical (unpaired) electrons. The molecule has 2 heterocycles. The summed E-state index contributed by atoms with van der Waals surface area (Å²) >= 11 is 0. The summed E-state index contributed by atoms with van der Waals surface area (Å²) < 4.78 is 27.3. The highest BCUT2D eigenvalue weighted by Crippen LogP contribution is 2.21. The molecule has 1 aliphatic heterocycles. The molecule has 2 aromatic rings. The number of carbonyl (C=O) groups is 1. The van der Waals surface area contributed by atoms with E-state index in [1.807, 2.05) is 0 Å². The van der Waals surface area contributed by atoms with Crippen molar-refractivity contribution in [3.05, 3.63) is 64.8 Å². The van der Waals surface area contributed by atoms with Crippen LogP contribution in [0.5, 0.6) is 0 Å². The first kappa shape index (κ1) is 16.4. The molecule has 0 saturated carbocycles. The van der Waals surface area contributed by atoms with Gasteiger partial charge in [0.25, 0.3) is 0 Å². The van der Waals surface area contributed by atoms with Gasteiger partial charge in [-0.2, -0.15) is 0 Å². The third-order valence-electron chi connectivity index (χ3n) is 4.09. The maximum atomic E-state index is 13.6. The van der Waals surface area contributed by atoms with Crippen molar-refractivity contribution in [3.8, 4) is 0 Å². The first-order valence-electron chi connectivity index (χ1n) is 7.74. The summed E-state index contributed by atoms with van der Waals surface area (Å²) in [6, 6.07) is 3.36. The van der Waals surface area contributed by atoms with Crippen LogP contribution in [0.1, 0.15) is 35.1 Å². The summed E-state index contributed by atoms with van der Waals surface area (Å²) in [6.07, 6.45) is 3.86. The Morgan fingerprint density at radius 2 is 1.96 bits per heavy atom. The summed E-state index contributed by atoms with van der Waals surface area (Å²) in [5, 5.41) is 3.28. The standard InChI is InChI=1S/C18H17F2N3O/c1-11-5-6-21-9-13(11)16-10-22-12(8-23-16)7-17(24)18-14(19)3-2-4-15(18)20/h2-4,8,10,21H,5-7,9H2,1H3. The Kier molecular flexibility index (Phi) is 4.76. The van der Waals surface area contributed by atoms with Gasteiger partial charge >= 0.3 is 0 Å². The van der Waals surface area contributed by atoms with Crippen molar-refractivity contribution in [1.29, 1.82) is 0 Å². The molecule has 0 bridgehead atoms. The number of Topliss-reactive ketones (excluding diaryl/α,β-unsaturated/α-hetero) is 1. The molecule has 0 atom stereocenters. The van der Waals surface area contributed by atoms with Crippen LogP contribution < -0.4 is 5.32 Å². The van der Waals surface area contributed by atoms with E-state index in [9.17, 15) is 13.6 Å². The zero-order valence-electron chi connectivity index (χ0n) is 13.3. The smallest absolute Gasteiger partial charge is 0.174 e. The van der Waals surface area contributed by atoms with Gasteiger partial charge in [0.1, 0.15) is 11.6 Å². The fourth-order valence-corrected chi connectivity index (χ4v) is 2.72. The summed E-state index contributed by atoms with van der Waals surface area (Å²) in [5.74, 6) is -2.38. The van der Waals surface area contributed by atoms with Gasteiger partial charge in [-0.3, -0.25) is 14.8 Å². The van der Waals surface area contributed by atoms with Crippen LogP contribution in [-0.2, 0) is 6.42 Å². The van der Waals surface area contributed by atoms with Gasteiger partial charge in [0.05, 0.1) is 29.6 Å². The molecule has 124 valence electrons. The third-order valence-corrected chi connectivity index (χ3v) is 4.09. The SMILES string of the molecule is CC1=C(c2cnc(CC(=O)c3c(F)cccc3F)cn2)CNCC1. The van der Waals surface area contributed by atoms with Gasteiger partial charge in [-0.15, -0.1) is 0 Å². The Hall–Kier alpha value is -2.47. The van der Waals surface area contributed by atoms with Gasteiger partial charge in [-0.1, -0.05) is 11.6 Å². The minimum Gasteiger partial charge on any atom is -0.312 e. The quantitative estimate of drug-likeness (QED) is 0.876. The van der Waals surface area contributed by atoms with E-state index < -0.39 is 23.0 Å². The molecule has 0 saturated heterocycles. The molecule has 1 N–H and O–H groups in total. The monoisotopic (exact) mass is 329 g/mol. The molecule has 0 spiro atoms. The van der Waals surface area contributed by atoms with Crippen molar-refractivity contribution >= 4 is 11.4 Å². The highest BCUT2D eigenvalue weighted by atomic mass is 19.1. The van der Waals surface area contributed by atoms with Gasteiger partial charge in [0.15, 0.2) is 5.78 Å². The minimum atomic E-state index is -0.862. The molecular weight excluding hydrogens is 312 g/mol. The lowest BCUT2D eigenvalue weighted by Crippen LogP contribution is -2.24. The molecule has 1 aromatic carbocycles. The Morgan fingerprint density at radius 3 is 2.58 bits per heavy atom. The molecule has 1 aliphatic rings. The van der Waals surface area contributed by atoms with Gasteiger partial charge in [0, 0.05) is 12.7 Å². The highest BCUT2D eigenvalue weighted by Gasteiger charge is 2.18. The number of halogens is 2. The Bertz CT molecular complexity index is 780. The number of aromatic nitrogens is 2. The van der Waals surface area contributed by atoms with Crippen molar-refractivity contribution < 1.29 is 13.6 Å². The fourth-order valence-electron chi connectivity index (χ4n) is 2.72. The maximum absolute atomic E-state index is 13.6. The normalized spacial score (nSPS) is 14.8. The maximum Gasteiger partial charge on any atom is 0.174 e. The van der Waals surface area contributed by atoms with Gasteiger partial charge in [0.2, 0.25) is 0 Å². The van der Waals surface area contributed by atoms with Crippen molar-refractivity contribution in [2.45, 2.75) is 19.8 Å². The number of ketones is 1. The van der Waals surface area contributed by atoms with Gasteiger partial charge < -0.3 is 5.32 Å². The summed E-state index contributed by atoms with van der Waals surface area (Å²) in [5.41, 5.74) is 2.98. The minimum absolute atomic E-state index is 0.193. The third kappa shape index (κ3) is 3.38. The van der Waals surface area contributed by atoms with E-state index in [1.165, 1.54) is 17.8 Å². The van der Waals surface area contributed by atoms with Crippen molar-refractivity contribution in [2.75, 3.05) is 13.1 Å². The second-order valence-electron chi connectivity index (χ2n) is 5.78. The van der Waals surface area contributed by atoms with Gasteiger partial charge in [-0.25, -0.2) is 8.78 Å². The Morgan fingerprint density at radius 1 is 1.21 bits per heavy atom. The highest BCUT2D eigenvalue weighted by molar-refractivity contribution is 5.97.